The van der Waals surface area contributed by atoms with Gasteiger partial charge < -0.3 is 9.88 Å². The predicted octanol–water partition coefficient (Wildman–Crippen LogP) is 12.6. The zero-order valence-corrected chi connectivity index (χ0v) is 27.8. The lowest BCUT2D eigenvalue weighted by Crippen LogP contribution is -2.25. The topological polar surface area (TPSA) is 29.3 Å². The van der Waals surface area contributed by atoms with Crippen molar-refractivity contribution in [2.75, 3.05) is 5.32 Å². The van der Waals surface area contributed by atoms with Crippen molar-refractivity contribution in [2.45, 2.75) is 6.29 Å². The van der Waals surface area contributed by atoms with Crippen molar-refractivity contribution < 1.29 is 0 Å². The Labute approximate surface area is 292 Å². The van der Waals surface area contributed by atoms with Gasteiger partial charge in [0.15, 0.2) is 0 Å². The van der Waals surface area contributed by atoms with Crippen LogP contribution in [0.25, 0.3) is 74.6 Å². The molecule has 2 aromatic heterocycles. The Morgan fingerprint density at radius 1 is 0.480 bits per heavy atom. The van der Waals surface area contributed by atoms with Crippen molar-refractivity contribution in [3.8, 4) is 11.1 Å². The minimum atomic E-state index is -0.357. The number of benzene rings is 8. The number of fused-ring (bicyclic) bond motifs is 10. The molecule has 0 fully saturated rings. The standard InChI is InChI=1S/C46H29N3S/c1-2-11-28(12-3-1)32-22-23-39-36(25-32)43-33-16-7-6-13-29(33)21-24-40(43)49(39)46-47-38-19-9-8-17-34(38)45(48-46)35-18-10-20-41-44(35)37-26-30-14-4-5-15-31(30)27-42(37)50-41/h1-27,46-47H. The van der Waals surface area contributed by atoms with Crippen LogP contribution in [0, 0.1) is 0 Å². The summed E-state index contributed by atoms with van der Waals surface area (Å²) in [7, 11) is 0. The van der Waals surface area contributed by atoms with Crippen molar-refractivity contribution in [3.63, 3.8) is 0 Å². The molecule has 50 heavy (non-hydrogen) atoms. The van der Waals surface area contributed by atoms with Crippen molar-refractivity contribution in [3.05, 3.63) is 175 Å². The van der Waals surface area contributed by atoms with Crippen molar-refractivity contribution in [2.24, 2.45) is 4.99 Å². The van der Waals surface area contributed by atoms with Crippen LogP contribution >= 0.6 is 11.3 Å². The monoisotopic (exact) mass is 655 g/mol. The highest BCUT2D eigenvalue weighted by Crippen LogP contribution is 2.43. The summed E-state index contributed by atoms with van der Waals surface area (Å²) in [4.78, 5) is 5.67. The van der Waals surface area contributed by atoms with Gasteiger partial charge in [0.1, 0.15) is 0 Å². The zero-order chi connectivity index (χ0) is 32.8. The third-order valence-electron chi connectivity index (χ3n) is 10.4. The first-order valence-electron chi connectivity index (χ1n) is 17.1. The van der Waals surface area contributed by atoms with Gasteiger partial charge in [0, 0.05) is 47.8 Å². The molecule has 3 heterocycles. The van der Waals surface area contributed by atoms with E-state index in [0.717, 1.165) is 28.0 Å². The quantitative estimate of drug-likeness (QED) is 0.202. The smallest absolute Gasteiger partial charge is 0.201 e. The molecule has 1 N–H and O–H groups in total. The highest BCUT2D eigenvalue weighted by Gasteiger charge is 2.27. The molecule has 1 unspecified atom stereocenters. The number of hydrogen-bond donors (Lipinski definition) is 1. The molecule has 3 nitrogen and oxygen atoms in total. The Morgan fingerprint density at radius 2 is 1.22 bits per heavy atom. The highest BCUT2D eigenvalue weighted by molar-refractivity contribution is 7.26. The Morgan fingerprint density at radius 3 is 2.12 bits per heavy atom. The molecule has 0 spiro atoms. The van der Waals surface area contributed by atoms with Crippen LogP contribution in [0.2, 0.25) is 0 Å². The lowest BCUT2D eigenvalue weighted by Gasteiger charge is -2.28. The average Bonchev–Trinajstić information content (AvgIpc) is 3.72. The van der Waals surface area contributed by atoms with Gasteiger partial charge >= 0.3 is 0 Å². The van der Waals surface area contributed by atoms with E-state index in [9.17, 15) is 0 Å². The number of anilines is 1. The molecule has 10 aromatic rings. The van der Waals surface area contributed by atoms with E-state index < -0.39 is 0 Å². The van der Waals surface area contributed by atoms with Crippen LogP contribution in [0.1, 0.15) is 17.4 Å². The number of nitrogens with one attached hydrogen (secondary N) is 1. The first-order valence-corrected chi connectivity index (χ1v) is 17.9. The lowest BCUT2D eigenvalue weighted by molar-refractivity contribution is 0.625. The Bertz CT molecular complexity index is 3020. The van der Waals surface area contributed by atoms with Gasteiger partial charge in [-0.1, -0.05) is 121 Å². The van der Waals surface area contributed by atoms with Gasteiger partial charge in [0.25, 0.3) is 0 Å². The molecule has 11 rings (SSSR count). The van der Waals surface area contributed by atoms with Crippen LogP contribution in [-0.4, -0.2) is 10.3 Å². The molecular formula is C46H29N3S. The van der Waals surface area contributed by atoms with Crippen molar-refractivity contribution in [1.82, 2.24) is 4.57 Å². The van der Waals surface area contributed by atoms with E-state index in [2.05, 4.69) is 174 Å². The summed E-state index contributed by atoms with van der Waals surface area (Å²) in [5.74, 6) is 0. The number of rotatable bonds is 3. The van der Waals surface area contributed by atoms with Crippen LogP contribution in [0.4, 0.5) is 5.69 Å². The predicted molar refractivity (Wildman–Crippen MR) is 214 cm³/mol. The third kappa shape index (κ3) is 4.06. The molecule has 8 aromatic carbocycles. The fourth-order valence-corrected chi connectivity index (χ4v) is 9.28. The minimum Gasteiger partial charge on any atom is -0.346 e. The molecule has 0 radical (unpaired) electrons. The zero-order valence-electron chi connectivity index (χ0n) is 27.0. The van der Waals surface area contributed by atoms with Crippen LogP contribution in [0.5, 0.6) is 0 Å². The van der Waals surface area contributed by atoms with Crippen molar-refractivity contribution >= 4 is 86.3 Å². The molecule has 234 valence electrons. The summed E-state index contributed by atoms with van der Waals surface area (Å²) < 4.78 is 4.98. The number of aliphatic imine (C=N–C) groups is 1. The van der Waals surface area contributed by atoms with Crippen LogP contribution in [0.3, 0.4) is 0 Å². The summed E-state index contributed by atoms with van der Waals surface area (Å²) in [6, 6.07) is 59.5. The number of thiophene rings is 1. The van der Waals surface area contributed by atoms with Gasteiger partial charge in [0.2, 0.25) is 6.29 Å². The van der Waals surface area contributed by atoms with E-state index in [-0.39, 0.29) is 6.29 Å². The third-order valence-corrected chi connectivity index (χ3v) is 11.5. The molecular weight excluding hydrogens is 627 g/mol. The molecule has 4 heteroatoms. The molecule has 0 amide bonds. The molecule has 0 aliphatic carbocycles. The van der Waals surface area contributed by atoms with Gasteiger partial charge in [-0.3, -0.25) is 0 Å². The van der Waals surface area contributed by atoms with Crippen LogP contribution in [-0.2, 0) is 0 Å². The number of aromatic nitrogens is 1. The van der Waals surface area contributed by atoms with Gasteiger partial charge in [0.05, 0.1) is 16.7 Å². The number of nitrogens with zero attached hydrogens (tertiary/aromatic N) is 2. The van der Waals surface area contributed by atoms with E-state index in [1.165, 1.54) is 69.2 Å². The maximum atomic E-state index is 5.67. The minimum absolute atomic E-state index is 0.357. The molecule has 0 saturated heterocycles. The first-order chi connectivity index (χ1) is 24.8. The van der Waals surface area contributed by atoms with E-state index in [4.69, 9.17) is 4.99 Å². The number of hydrogen-bond acceptors (Lipinski definition) is 3. The van der Waals surface area contributed by atoms with Crippen LogP contribution < -0.4 is 5.32 Å². The second-order valence-electron chi connectivity index (χ2n) is 13.2. The van der Waals surface area contributed by atoms with Gasteiger partial charge in [-0.05, 0) is 75.1 Å². The van der Waals surface area contributed by atoms with E-state index >= 15 is 0 Å². The van der Waals surface area contributed by atoms with E-state index in [1.807, 2.05) is 11.3 Å². The van der Waals surface area contributed by atoms with Gasteiger partial charge in [-0.2, -0.15) is 0 Å². The summed E-state index contributed by atoms with van der Waals surface area (Å²) in [6.45, 7) is 0. The fourth-order valence-electron chi connectivity index (χ4n) is 8.12. The SMILES string of the molecule is c1ccc(-c2ccc3c(c2)c2c4ccccc4ccc2n3C2N=C(c3cccc4sc5cc6ccccc6cc5c34)c3ccccc3N2)cc1. The lowest BCUT2D eigenvalue weighted by atomic mass is 9.94. The summed E-state index contributed by atoms with van der Waals surface area (Å²) in [5.41, 5.74) is 9.12. The largest absolute Gasteiger partial charge is 0.346 e. The van der Waals surface area contributed by atoms with Gasteiger partial charge in [-0.25, -0.2) is 4.99 Å². The Kier molecular flexibility index (Phi) is 5.89. The van der Waals surface area contributed by atoms with Crippen molar-refractivity contribution in [1.29, 1.82) is 0 Å². The second-order valence-corrected chi connectivity index (χ2v) is 14.3. The normalized spacial score (nSPS) is 14.5. The van der Waals surface area contributed by atoms with E-state index in [0.29, 0.717) is 0 Å². The van der Waals surface area contributed by atoms with Crippen LogP contribution in [0.15, 0.2) is 169 Å². The molecule has 0 saturated carbocycles. The summed E-state index contributed by atoms with van der Waals surface area (Å²) >= 11 is 1.86. The summed E-state index contributed by atoms with van der Waals surface area (Å²) in [6.07, 6.45) is -0.357. The van der Waals surface area contributed by atoms with Gasteiger partial charge in [-0.15, -0.1) is 11.3 Å². The van der Waals surface area contributed by atoms with E-state index in [1.54, 1.807) is 0 Å². The molecule has 1 aliphatic heterocycles. The maximum Gasteiger partial charge on any atom is 0.201 e. The summed E-state index contributed by atoms with van der Waals surface area (Å²) in [5, 5.41) is 13.9. The Balaban J connectivity index is 1.19. The second kappa shape index (κ2) is 10.6. The first kappa shape index (κ1) is 27.7. The maximum absolute atomic E-state index is 5.67. The number of para-hydroxylation sites is 1. The fraction of sp³-hybridized carbons (Fsp3) is 0.0217. The highest BCUT2D eigenvalue weighted by atomic mass is 32.1. The Hall–Kier alpha value is -6.23. The molecule has 1 atom stereocenters. The molecule has 1 aliphatic rings. The average molecular weight is 656 g/mol. The molecule has 0 bridgehead atoms.